The van der Waals surface area contributed by atoms with Crippen molar-refractivity contribution in [1.29, 1.82) is 0 Å². The van der Waals surface area contributed by atoms with Crippen LogP contribution in [0.1, 0.15) is 20.8 Å². The fourth-order valence-corrected chi connectivity index (χ4v) is 9.13. The highest BCUT2D eigenvalue weighted by Crippen LogP contribution is 2.36. The van der Waals surface area contributed by atoms with Gasteiger partial charge < -0.3 is 120 Å². The molecular weight excluding hydrogens is 1050 g/mol. The number of carbonyl (C=O) groups is 3. The molecule has 3 amide bonds. The number of hydrogen-bond acceptors (Lipinski definition) is 30. The number of aliphatic hydroxyl groups is 12. The van der Waals surface area contributed by atoms with E-state index in [2.05, 4.69) is 24.3 Å². The van der Waals surface area contributed by atoms with Gasteiger partial charge in [-0.05, 0) is 0 Å². The Balaban J connectivity index is 1.46. The summed E-state index contributed by atoms with van der Waals surface area (Å²) in [4.78, 5) is 36.8. The average Bonchev–Trinajstić information content (AvgIpc) is 3.29. The van der Waals surface area contributed by atoms with Gasteiger partial charge in [0.1, 0.15) is 122 Å². The lowest BCUT2D eigenvalue weighted by atomic mass is 9.94. The van der Waals surface area contributed by atoms with Crippen LogP contribution < -0.4 is 16.0 Å². The first-order valence-corrected chi connectivity index (χ1v) is 24.6. The third-order valence-electron chi connectivity index (χ3n) is 11.9. The summed E-state index contributed by atoms with van der Waals surface area (Å²) >= 11 is 0. The molecule has 25 atom stereocenters. The lowest BCUT2D eigenvalue weighted by molar-refractivity contribution is -0.379. The molecule has 5 rings (SSSR count). The molecule has 17 N–H and O–H groups in total. The lowest BCUT2D eigenvalue weighted by Gasteiger charge is -2.50. The monoisotopic (exact) mass is 1110 g/mol. The molecule has 0 aromatic heterocycles. The van der Waals surface area contributed by atoms with Crippen LogP contribution in [-0.4, -0.2) is 291 Å². The molecule has 0 bridgehead atoms. The van der Waals surface area contributed by atoms with Crippen molar-refractivity contribution < 1.29 is 153 Å². The molecular formula is C36H61N3O32S2. The highest BCUT2D eigenvalue weighted by Gasteiger charge is 2.57. The number of rotatable bonds is 20. The summed E-state index contributed by atoms with van der Waals surface area (Å²) in [6, 6.07) is -5.31. The van der Waals surface area contributed by atoms with Crippen molar-refractivity contribution in [1.82, 2.24) is 16.0 Å². The number of carbonyl (C=O) groups excluding carboxylic acids is 3. The number of aliphatic hydroxyl groups excluding tert-OH is 12. The number of amides is 3. The van der Waals surface area contributed by atoms with Crippen LogP contribution in [0.5, 0.6) is 0 Å². The van der Waals surface area contributed by atoms with Crippen LogP contribution in [0, 0.1) is 0 Å². The summed E-state index contributed by atoms with van der Waals surface area (Å²) in [5, 5.41) is 137. The van der Waals surface area contributed by atoms with Gasteiger partial charge in [0, 0.05) is 20.8 Å². The Labute approximate surface area is 413 Å². The third-order valence-corrected chi connectivity index (χ3v) is 12.8. The molecule has 5 aliphatic heterocycles. The van der Waals surface area contributed by atoms with Crippen LogP contribution >= 0.6 is 0 Å². The maximum Gasteiger partial charge on any atom is 0.397 e. The van der Waals surface area contributed by atoms with Crippen LogP contribution in [0.15, 0.2) is 0 Å². The predicted octanol–water partition coefficient (Wildman–Crippen LogP) is -11.8. The molecule has 5 heterocycles. The number of ether oxygens (including phenoxy) is 9. The molecule has 0 aromatic rings. The summed E-state index contributed by atoms with van der Waals surface area (Å²) in [6.07, 6.45) is -45.2. The van der Waals surface area contributed by atoms with Gasteiger partial charge in [-0.2, -0.15) is 16.8 Å². The molecule has 0 aromatic carbocycles. The Morgan fingerprint density at radius 1 is 0.411 bits per heavy atom. The van der Waals surface area contributed by atoms with Gasteiger partial charge in [0.15, 0.2) is 31.5 Å². The minimum absolute atomic E-state index is 0.808. The SMILES string of the molecule is CC(=O)N[C@@H]1[C@@H](O[C@@H]2O[C@H](COS(=O)(=O)O)[C@@H](O[C@@H]3O[C@H](CO)[C@@H](O)[C@H](O[C@@H]4O[C@H](COS(=O)(=O)O)[C@@H](O[C@@H]5O[C@H](CO)[C@@H](O)[C@H](O)[C@H]5NC(C)=O)[C@H](O)[C@H]4O)[C@H]3NC(C)=O)[C@H](O)[C@H]2O)[C@H](O)[C@@H](CO)O[C@H]1O. The van der Waals surface area contributed by atoms with Crippen molar-refractivity contribution in [2.45, 2.75) is 174 Å². The molecule has 73 heavy (non-hydrogen) atoms. The van der Waals surface area contributed by atoms with E-state index in [0.29, 0.717) is 0 Å². The molecule has 0 spiro atoms. The maximum absolute atomic E-state index is 12.8. The second kappa shape index (κ2) is 25.6. The first-order valence-electron chi connectivity index (χ1n) is 21.9. The smallest absolute Gasteiger partial charge is 0.394 e. The van der Waals surface area contributed by atoms with E-state index in [-0.39, 0.29) is 0 Å². The molecule has 37 heteroatoms. The van der Waals surface area contributed by atoms with Crippen LogP contribution in [-0.2, 0) is 86.2 Å². The quantitative estimate of drug-likeness (QED) is 0.0503. The van der Waals surface area contributed by atoms with Crippen molar-refractivity contribution in [3.05, 3.63) is 0 Å². The zero-order chi connectivity index (χ0) is 54.6. The van der Waals surface area contributed by atoms with Gasteiger partial charge in [-0.15, -0.1) is 0 Å². The second-order valence-electron chi connectivity index (χ2n) is 17.2. The largest absolute Gasteiger partial charge is 0.397 e. The predicted molar refractivity (Wildman–Crippen MR) is 222 cm³/mol. The zero-order valence-electron chi connectivity index (χ0n) is 38.4. The van der Waals surface area contributed by atoms with Gasteiger partial charge >= 0.3 is 20.8 Å². The lowest BCUT2D eigenvalue weighted by Crippen LogP contribution is -2.71. The van der Waals surface area contributed by atoms with E-state index in [0.717, 1.165) is 20.8 Å². The van der Waals surface area contributed by atoms with E-state index in [4.69, 9.17) is 42.6 Å². The summed E-state index contributed by atoms with van der Waals surface area (Å²) in [6.45, 7) is -2.76. The molecule has 0 aliphatic carbocycles. The van der Waals surface area contributed by atoms with Crippen molar-refractivity contribution in [2.75, 3.05) is 33.0 Å². The summed E-state index contributed by atoms with van der Waals surface area (Å²) in [7, 11) is -10.7. The van der Waals surface area contributed by atoms with E-state index < -0.39 is 225 Å². The van der Waals surface area contributed by atoms with Gasteiger partial charge in [-0.25, -0.2) is 8.37 Å². The first-order chi connectivity index (χ1) is 34.0. The van der Waals surface area contributed by atoms with E-state index in [1.165, 1.54) is 0 Å². The van der Waals surface area contributed by atoms with Crippen molar-refractivity contribution >= 4 is 38.5 Å². The van der Waals surface area contributed by atoms with Gasteiger partial charge in [0.25, 0.3) is 0 Å². The molecule has 0 saturated carbocycles. The van der Waals surface area contributed by atoms with Crippen LogP contribution in [0.2, 0.25) is 0 Å². The number of hydrogen-bond donors (Lipinski definition) is 17. The van der Waals surface area contributed by atoms with Gasteiger partial charge in [0.05, 0.1) is 33.0 Å². The topological polar surface area (TPSA) is 540 Å². The van der Waals surface area contributed by atoms with E-state index in [1.54, 1.807) is 0 Å². The Morgan fingerprint density at radius 2 is 0.740 bits per heavy atom. The minimum Gasteiger partial charge on any atom is -0.394 e. The Bertz CT molecular complexity index is 2070. The van der Waals surface area contributed by atoms with Crippen molar-refractivity contribution in [3.63, 3.8) is 0 Å². The van der Waals surface area contributed by atoms with Gasteiger partial charge in [0.2, 0.25) is 17.7 Å². The highest BCUT2D eigenvalue weighted by atomic mass is 32.3. The van der Waals surface area contributed by atoms with Crippen LogP contribution in [0.4, 0.5) is 0 Å². The van der Waals surface area contributed by atoms with Crippen LogP contribution in [0.3, 0.4) is 0 Å². The fourth-order valence-electron chi connectivity index (χ4n) is 8.52. The molecule has 424 valence electrons. The third kappa shape index (κ3) is 15.3. The van der Waals surface area contributed by atoms with Gasteiger partial charge in [-0.3, -0.25) is 23.5 Å². The molecule has 5 aliphatic rings. The maximum atomic E-state index is 12.8. The molecule has 35 nitrogen and oxygen atoms in total. The molecule has 0 unspecified atom stereocenters. The minimum atomic E-state index is -5.37. The standard InChI is InChI=1S/C36H61N3O32S2/c1-9(43)37-17-23(49)20(46)12(4-40)64-33(17)68-28-15(7-61-72(55,56)57)67-36(27(53)24(28)50)71-31-19(39-11(3)45)34(65-14(6-42)22(31)48)69-29-16(8-62-73(58,59)60)66-35(26(52)25(29)51)70-30-18(38-10(2)44)32(54)63-13(5-41)21(30)47/h12-36,40-42,46-54H,4-8H2,1-3H3,(H,37,43)(H,38,44)(H,39,45)(H,55,56,57)(H,58,59,60)/t12-,13-,14-,15-,16-,17-,18-,19-,20-,21-,22-,23-,24-,25-,26-,27-,28-,29-,30-,31-,32-,33+,34+,35+,36+/m1/s1. The van der Waals surface area contributed by atoms with Crippen molar-refractivity contribution in [2.24, 2.45) is 0 Å². The average molecular weight is 1110 g/mol. The summed E-state index contributed by atoms with van der Waals surface area (Å²) in [5.41, 5.74) is 0. The normalized spacial score (nSPS) is 43.7. The zero-order valence-corrected chi connectivity index (χ0v) is 40.0. The van der Waals surface area contributed by atoms with Gasteiger partial charge in [-0.1, -0.05) is 0 Å². The van der Waals surface area contributed by atoms with E-state index in [9.17, 15) is 102 Å². The summed E-state index contributed by atoms with van der Waals surface area (Å²) in [5.74, 6) is -2.61. The first kappa shape index (κ1) is 61.2. The second-order valence-corrected chi connectivity index (χ2v) is 19.4. The Morgan fingerprint density at radius 3 is 1.14 bits per heavy atom. The molecule has 5 saturated heterocycles. The van der Waals surface area contributed by atoms with E-state index >= 15 is 0 Å². The Kier molecular flexibility index (Phi) is 21.5. The van der Waals surface area contributed by atoms with Crippen molar-refractivity contribution in [3.8, 4) is 0 Å². The Hall–Kier alpha value is -2.69. The van der Waals surface area contributed by atoms with Crippen LogP contribution in [0.25, 0.3) is 0 Å². The highest BCUT2D eigenvalue weighted by molar-refractivity contribution is 7.81. The fraction of sp³-hybridized carbons (Fsp3) is 0.917. The summed E-state index contributed by atoms with van der Waals surface area (Å²) < 4.78 is 126. The van der Waals surface area contributed by atoms with E-state index in [1.807, 2.05) is 0 Å². The molecule has 5 fully saturated rings. The molecule has 0 radical (unpaired) electrons. The number of nitrogens with one attached hydrogen (secondary N) is 3.